The van der Waals surface area contributed by atoms with Crippen LogP contribution in [0.4, 0.5) is 5.69 Å². The van der Waals surface area contributed by atoms with E-state index in [0.717, 1.165) is 5.56 Å². The van der Waals surface area contributed by atoms with Crippen molar-refractivity contribution in [2.24, 2.45) is 5.92 Å². The zero-order chi connectivity index (χ0) is 20.8. The number of anilines is 1. The van der Waals surface area contributed by atoms with Gasteiger partial charge in [0.1, 0.15) is 6.04 Å². The van der Waals surface area contributed by atoms with E-state index in [1.165, 1.54) is 0 Å². The summed E-state index contributed by atoms with van der Waals surface area (Å²) in [5, 5.41) is 10.2. The first-order chi connectivity index (χ1) is 13.9. The van der Waals surface area contributed by atoms with E-state index < -0.39 is 6.04 Å². The molecule has 0 bridgehead atoms. The third-order valence-corrected chi connectivity index (χ3v) is 4.81. The summed E-state index contributed by atoms with van der Waals surface area (Å²) in [4.78, 5) is 25.3. The first-order valence-electron chi connectivity index (χ1n) is 9.36. The molecule has 0 aliphatic rings. The van der Waals surface area contributed by atoms with E-state index in [1.807, 2.05) is 55.1 Å². The van der Waals surface area contributed by atoms with E-state index in [1.54, 1.807) is 30.5 Å². The molecule has 29 heavy (non-hydrogen) atoms. The van der Waals surface area contributed by atoms with Gasteiger partial charge in [0.2, 0.25) is 5.91 Å². The number of nitrogens with one attached hydrogen (secondary N) is 2. The summed E-state index contributed by atoms with van der Waals surface area (Å²) in [5.41, 5.74) is 2.08. The topological polar surface area (TPSA) is 76.0 Å². The van der Waals surface area contributed by atoms with Crippen LogP contribution in [0.25, 0.3) is 0 Å². The molecule has 0 saturated heterocycles. The van der Waals surface area contributed by atoms with Crippen LogP contribution in [0.1, 0.15) is 29.8 Å². The average Bonchev–Trinajstić information content (AvgIpc) is 3.20. The normalized spacial score (nSPS) is 11.9. The van der Waals surface area contributed by atoms with Gasteiger partial charge in [0, 0.05) is 18.1 Å². The lowest BCUT2D eigenvalue weighted by Gasteiger charge is -2.22. The lowest BCUT2D eigenvalue weighted by Crippen LogP contribution is -2.47. The van der Waals surface area contributed by atoms with Crippen LogP contribution >= 0.6 is 11.6 Å². The third kappa shape index (κ3) is 5.45. The smallest absolute Gasteiger partial charge is 0.253 e. The molecule has 3 aromatic rings. The molecule has 7 heteroatoms. The fourth-order valence-electron chi connectivity index (χ4n) is 2.89. The molecule has 150 valence electrons. The highest BCUT2D eigenvalue weighted by atomic mass is 35.5. The minimum atomic E-state index is -0.692. The zero-order valence-electron chi connectivity index (χ0n) is 16.3. The van der Waals surface area contributed by atoms with E-state index in [2.05, 4.69) is 15.7 Å². The summed E-state index contributed by atoms with van der Waals surface area (Å²) in [6.07, 6.45) is 3.63. The molecule has 1 aromatic heterocycles. The van der Waals surface area contributed by atoms with Crippen molar-refractivity contribution in [2.75, 3.05) is 5.32 Å². The minimum absolute atomic E-state index is 0.0967. The zero-order valence-corrected chi connectivity index (χ0v) is 17.1. The van der Waals surface area contributed by atoms with Crippen molar-refractivity contribution in [1.82, 2.24) is 15.1 Å². The Kier molecular flexibility index (Phi) is 6.67. The average molecular weight is 411 g/mol. The predicted octanol–water partition coefficient (Wildman–Crippen LogP) is 3.98. The highest BCUT2D eigenvalue weighted by Crippen LogP contribution is 2.17. The highest BCUT2D eigenvalue weighted by molar-refractivity contribution is 6.33. The van der Waals surface area contributed by atoms with Gasteiger partial charge in [-0.3, -0.25) is 14.3 Å². The highest BCUT2D eigenvalue weighted by Gasteiger charge is 2.25. The summed E-state index contributed by atoms with van der Waals surface area (Å²) >= 11 is 6.09. The largest absolute Gasteiger partial charge is 0.340 e. The van der Waals surface area contributed by atoms with Crippen molar-refractivity contribution in [2.45, 2.75) is 26.4 Å². The Labute approximate surface area is 174 Å². The fraction of sp³-hybridized carbons (Fsp3) is 0.227. The summed E-state index contributed by atoms with van der Waals surface area (Å²) in [7, 11) is 0. The van der Waals surface area contributed by atoms with Gasteiger partial charge in [-0.2, -0.15) is 5.10 Å². The van der Waals surface area contributed by atoms with Crippen molar-refractivity contribution in [1.29, 1.82) is 0 Å². The molecule has 0 spiro atoms. The Morgan fingerprint density at radius 3 is 2.41 bits per heavy atom. The van der Waals surface area contributed by atoms with E-state index in [9.17, 15) is 9.59 Å². The number of hydrogen-bond acceptors (Lipinski definition) is 3. The van der Waals surface area contributed by atoms with Gasteiger partial charge in [0.25, 0.3) is 5.91 Å². The molecule has 0 aliphatic heterocycles. The molecular formula is C22H23ClN4O2. The Hall–Kier alpha value is -3.12. The molecule has 2 aromatic carbocycles. The van der Waals surface area contributed by atoms with Gasteiger partial charge < -0.3 is 10.6 Å². The molecule has 0 radical (unpaired) electrons. The number of benzene rings is 2. The van der Waals surface area contributed by atoms with Gasteiger partial charge in [-0.1, -0.05) is 49.7 Å². The van der Waals surface area contributed by atoms with Crippen LogP contribution in [-0.2, 0) is 11.3 Å². The molecule has 0 saturated carbocycles. The number of carbonyl (C=O) groups is 2. The van der Waals surface area contributed by atoms with Crippen molar-refractivity contribution in [3.8, 4) is 0 Å². The lowest BCUT2D eigenvalue weighted by atomic mass is 10.0. The Morgan fingerprint density at radius 1 is 1.07 bits per heavy atom. The number of nitrogens with zero attached hydrogens (tertiary/aromatic N) is 2. The molecule has 1 heterocycles. The second-order valence-electron chi connectivity index (χ2n) is 7.06. The number of aromatic nitrogens is 2. The van der Waals surface area contributed by atoms with Crippen molar-refractivity contribution in [3.63, 3.8) is 0 Å². The Morgan fingerprint density at radius 2 is 1.79 bits per heavy atom. The van der Waals surface area contributed by atoms with Crippen LogP contribution in [0.15, 0.2) is 67.0 Å². The van der Waals surface area contributed by atoms with Crippen molar-refractivity contribution < 1.29 is 9.59 Å². The van der Waals surface area contributed by atoms with Crippen LogP contribution in [0.2, 0.25) is 5.02 Å². The first kappa shape index (κ1) is 20.6. The fourth-order valence-corrected chi connectivity index (χ4v) is 3.12. The molecular weight excluding hydrogens is 388 g/mol. The van der Waals surface area contributed by atoms with Gasteiger partial charge in [-0.15, -0.1) is 0 Å². The first-order valence-corrected chi connectivity index (χ1v) is 9.74. The second-order valence-corrected chi connectivity index (χ2v) is 7.47. The number of amides is 2. The molecule has 1 atom stereocenters. The summed E-state index contributed by atoms with van der Waals surface area (Å²) in [6, 6.07) is 15.5. The van der Waals surface area contributed by atoms with E-state index in [-0.39, 0.29) is 17.7 Å². The predicted molar refractivity (Wildman–Crippen MR) is 114 cm³/mol. The van der Waals surface area contributed by atoms with Gasteiger partial charge >= 0.3 is 0 Å². The SMILES string of the molecule is CC(C)C(NC(=O)c1ccccc1Cl)C(=O)Nc1ccc(Cn2cccn2)cc1. The van der Waals surface area contributed by atoms with Crippen LogP contribution in [-0.4, -0.2) is 27.6 Å². The standard InChI is InChI=1S/C22H23ClN4O2/c1-15(2)20(26-21(28)18-6-3-4-7-19(18)23)22(29)25-17-10-8-16(9-11-17)14-27-13-5-12-24-27/h3-13,15,20H,14H2,1-2H3,(H,25,29)(H,26,28). The maximum atomic E-state index is 12.8. The number of hydrogen-bond donors (Lipinski definition) is 2. The van der Waals surface area contributed by atoms with Crippen LogP contribution in [0.3, 0.4) is 0 Å². The number of rotatable bonds is 7. The molecule has 3 rings (SSSR count). The molecule has 6 nitrogen and oxygen atoms in total. The van der Waals surface area contributed by atoms with Crippen molar-refractivity contribution in [3.05, 3.63) is 83.1 Å². The van der Waals surface area contributed by atoms with Crippen LogP contribution in [0.5, 0.6) is 0 Å². The van der Waals surface area contributed by atoms with E-state index in [4.69, 9.17) is 11.6 Å². The molecule has 0 aliphatic carbocycles. The lowest BCUT2D eigenvalue weighted by molar-refractivity contribution is -0.118. The van der Waals surface area contributed by atoms with Gasteiger partial charge in [-0.05, 0) is 41.8 Å². The summed E-state index contributed by atoms with van der Waals surface area (Å²) in [5.74, 6) is -0.750. The third-order valence-electron chi connectivity index (χ3n) is 4.48. The summed E-state index contributed by atoms with van der Waals surface area (Å²) < 4.78 is 1.83. The molecule has 1 unspecified atom stereocenters. The quantitative estimate of drug-likeness (QED) is 0.618. The van der Waals surface area contributed by atoms with E-state index in [0.29, 0.717) is 22.8 Å². The number of carbonyl (C=O) groups excluding carboxylic acids is 2. The van der Waals surface area contributed by atoms with Crippen molar-refractivity contribution >= 4 is 29.1 Å². The second kappa shape index (κ2) is 9.39. The van der Waals surface area contributed by atoms with Gasteiger partial charge in [-0.25, -0.2) is 0 Å². The van der Waals surface area contributed by atoms with Gasteiger partial charge in [0.15, 0.2) is 0 Å². The Bertz CT molecular complexity index is 969. The molecule has 0 fully saturated rings. The minimum Gasteiger partial charge on any atom is -0.340 e. The Balaban J connectivity index is 1.65. The molecule has 2 amide bonds. The van der Waals surface area contributed by atoms with E-state index >= 15 is 0 Å². The van der Waals surface area contributed by atoms with Gasteiger partial charge in [0.05, 0.1) is 17.1 Å². The van der Waals surface area contributed by atoms with Crippen LogP contribution < -0.4 is 10.6 Å². The number of halogens is 1. The summed E-state index contributed by atoms with van der Waals surface area (Å²) in [6.45, 7) is 4.42. The maximum Gasteiger partial charge on any atom is 0.253 e. The maximum absolute atomic E-state index is 12.8. The van der Waals surface area contributed by atoms with Crippen LogP contribution in [0, 0.1) is 5.92 Å². The molecule has 2 N–H and O–H groups in total. The monoisotopic (exact) mass is 410 g/mol.